The first-order valence-corrected chi connectivity index (χ1v) is 9.55. The Morgan fingerprint density at radius 1 is 1.20 bits per heavy atom. The third kappa shape index (κ3) is 6.01. The van der Waals surface area contributed by atoms with Crippen LogP contribution < -0.4 is 10.6 Å². The minimum Gasteiger partial charge on any atom is -0.381 e. The SMILES string of the molecule is CN=C(NCCCOCC1CC1)NCC1CCOC1c1ccccc1. The molecule has 25 heavy (non-hydrogen) atoms. The van der Waals surface area contributed by atoms with Gasteiger partial charge in [0.15, 0.2) is 5.96 Å². The third-order valence-electron chi connectivity index (χ3n) is 4.91. The van der Waals surface area contributed by atoms with Gasteiger partial charge in [-0.2, -0.15) is 0 Å². The van der Waals surface area contributed by atoms with Gasteiger partial charge in [0, 0.05) is 45.9 Å². The Hall–Kier alpha value is -1.59. The van der Waals surface area contributed by atoms with Crippen molar-refractivity contribution in [3.63, 3.8) is 0 Å². The minimum atomic E-state index is 0.183. The average Bonchev–Trinajstić information content (AvgIpc) is 3.36. The zero-order valence-electron chi connectivity index (χ0n) is 15.2. The van der Waals surface area contributed by atoms with Crippen LogP contribution in [0.2, 0.25) is 0 Å². The zero-order valence-corrected chi connectivity index (χ0v) is 15.2. The largest absolute Gasteiger partial charge is 0.381 e. The zero-order chi connectivity index (χ0) is 17.3. The van der Waals surface area contributed by atoms with Crippen molar-refractivity contribution in [2.24, 2.45) is 16.8 Å². The van der Waals surface area contributed by atoms with E-state index in [9.17, 15) is 0 Å². The van der Waals surface area contributed by atoms with E-state index in [1.54, 1.807) is 0 Å². The lowest BCUT2D eigenvalue weighted by atomic mass is 9.95. The number of ether oxygens (including phenoxy) is 2. The molecule has 1 aliphatic heterocycles. The molecule has 2 atom stereocenters. The summed E-state index contributed by atoms with van der Waals surface area (Å²) in [4.78, 5) is 4.32. The van der Waals surface area contributed by atoms with Crippen molar-refractivity contribution in [2.75, 3.05) is 40.0 Å². The quantitative estimate of drug-likeness (QED) is 0.410. The molecule has 0 aromatic heterocycles. The molecular formula is C20H31N3O2. The smallest absolute Gasteiger partial charge is 0.190 e. The molecule has 3 rings (SSSR count). The topological polar surface area (TPSA) is 54.9 Å². The van der Waals surface area contributed by atoms with Crippen molar-refractivity contribution in [3.05, 3.63) is 35.9 Å². The highest BCUT2D eigenvalue weighted by molar-refractivity contribution is 5.79. The number of guanidine groups is 1. The highest BCUT2D eigenvalue weighted by Gasteiger charge is 2.29. The molecule has 0 spiro atoms. The van der Waals surface area contributed by atoms with Crippen LogP contribution in [0, 0.1) is 11.8 Å². The standard InChI is InChI=1S/C20H31N3O2/c1-21-20(22-11-5-12-24-15-16-8-9-16)23-14-18-10-13-25-19(18)17-6-3-2-4-7-17/h2-4,6-7,16,18-19H,5,8-15H2,1H3,(H2,21,22,23). The highest BCUT2D eigenvalue weighted by atomic mass is 16.5. The Bertz CT molecular complexity index is 531. The first-order valence-electron chi connectivity index (χ1n) is 9.55. The van der Waals surface area contributed by atoms with Gasteiger partial charge in [-0.05, 0) is 37.2 Å². The van der Waals surface area contributed by atoms with Crippen LogP contribution in [0.4, 0.5) is 0 Å². The van der Waals surface area contributed by atoms with Crippen LogP contribution in [-0.4, -0.2) is 45.9 Å². The van der Waals surface area contributed by atoms with Gasteiger partial charge >= 0.3 is 0 Å². The van der Waals surface area contributed by atoms with Crippen LogP contribution in [0.5, 0.6) is 0 Å². The van der Waals surface area contributed by atoms with Crippen molar-refractivity contribution >= 4 is 5.96 Å². The van der Waals surface area contributed by atoms with Gasteiger partial charge in [-0.3, -0.25) is 4.99 Å². The minimum absolute atomic E-state index is 0.183. The van der Waals surface area contributed by atoms with E-state index in [0.29, 0.717) is 5.92 Å². The van der Waals surface area contributed by atoms with E-state index in [1.807, 2.05) is 13.1 Å². The van der Waals surface area contributed by atoms with Gasteiger partial charge in [0.1, 0.15) is 0 Å². The molecule has 5 nitrogen and oxygen atoms in total. The fourth-order valence-corrected chi connectivity index (χ4v) is 3.22. The number of nitrogens with zero attached hydrogens (tertiary/aromatic N) is 1. The molecule has 0 amide bonds. The summed E-state index contributed by atoms with van der Waals surface area (Å²) in [5.74, 6) is 2.18. The monoisotopic (exact) mass is 345 g/mol. The van der Waals surface area contributed by atoms with Gasteiger partial charge < -0.3 is 20.1 Å². The molecule has 5 heteroatoms. The number of aliphatic imine (C=N–C) groups is 1. The maximum atomic E-state index is 5.95. The summed E-state index contributed by atoms with van der Waals surface area (Å²) in [6.45, 7) is 4.35. The molecule has 2 unspecified atom stereocenters. The van der Waals surface area contributed by atoms with Gasteiger partial charge in [-0.15, -0.1) is 0 Å². The van der Waals surface area contributed by atoms with Crippen LogP contribution in [0.25, 0.3) is 0 Å². The van der Waals surface area contributed by atoms with Crippen molar-refractivity contribution < 1.29 is 9.47 Å². The lowest BCUT2D eigenvalue weighted by Gasteiger charge is -2.20. The Morgan fingerprint density at radius 3 is 2.80 bits per heavy atom. The van der Waals surface area contributed by atoms with E-state index in [4.69, 9.17) is 9.47 Å². The second kappa shape index (κ2) is 9.78. The number of benzene rings is 1. The van der Waals surface area contributed by atoms with Gasteiger partial charge in [0.05, 0.1) is 6.10 Å². The molecule has 1 aromatic carbocycles. The Balaban J connectivity index is 1.34. The Morgan fingerprint density at radius 2 is 2.04 bits per heavy atom. The normalized spacial score (nSPS) is 23.6. The van der Waals surface area contributed by atoms with Crippen LogP contribution >= 0.6 is 0 Å². The van der Waals surface area contributed by atoms with Gasteiger partial charge in [0.2, 0.25) is 0 Å². The molecule has 0 bridgehead atoms. The van der Waals surface area contributed by atoms with E-state index in [1.165, 1.54) is 18.4 Å². The fraction of sp³-hybridized carbons (Fsp3) is 0.650. The lowest BCUT2D eigenvalue weighted by Crippen LogP contribution is -2.40. The van der Waals surface area contributed by atoms with E-state index in [2.05, 4.69) is 39.9 Å². The first kappa shape index (κ1) is 18.2. The molecule has 138 valence electrons. The first-order chi connectivity index (χ1) is 12.4. The molecule has 2 N–H and O–H groups in total. The van der Waals surface area contributed by atoms with Crippen LogP contribution in [-0.2, 0) is 9.47 Å². The number of rotatable bonds is 9. The number of nitrogens with one attached hydrogen (secondary N) is 2. The summed E-state index contributed by atoms with van der Waals surface area (Å²) in [6, 6.07) is 10.5. The van der Waals surface area contributed by atoms with Crippen molar-refractivity contribution in [1.29, 1.82) is 0 Å². The van der Waals surface area contributed by atoms with Gasteiger partial charge in [0.25, 0.3) is 0 Å². The Kier molecular flexibility index (Phi) is 7.12. The molecule has 1 heterocycles. The average molecular weight is 345 g/mol. The predicted octanol–water partition coefficient (Wildman–Crippen LogP) is 2.75. The van der Waals surface area contributed by atoms with Crippen LogP contribution in [0.3, 0.4) is 0 Å². The summed E-state index contributed by atoms with van der Waals surface area (Å²) in [6.07, 6.45) is 4.97. The molecule has 1 saturated heterocycles. The lowest BCUT2D eigenvalue weighted by molar-refractivity contribution is 0.0915. The summed E-state index contributed by atoms with van der Waals surface area (Å²) in [7, 11) is 1.82. The van der Waals surface area contributed by atoms with E-state index in [0.717, 1.165) is 57.6 Å². The third-order valence-corrected chi connectivity index (χ3v) is 4.91. The molecule has 0 radical (unpaired) electrons. The van der Waals surface area contributed by atoms with Gasteiger partial charge in [-0.1, -0.05) is 30.3 Å². The Labute approximate surface area is 151 Å². The highest BCUT2D eigenvalue weighted by Crippen LogP contribution is 2.33. The maximum Gasteiger partial charge on any atom is 0.190 e. The van der Waals surface area contributed by atoms with Crippen molar-refractivity contribution in [2.45, 2.75) is 31.8 Å². The summed E-state index contributed by atoms with van der Waals surface area (Å²) in [5.41, 5.74) is 1.27. The van der Waals surface area contributed by atoms with Crippen molar-refractivity contribution in [3.8, 4) is 0 Å². The molecule has 2 aliphatic rings. The molecule has 2 fully saturated rings. The summed E-state index contributed by atoms with van der Waals surface area (Å²) in [5, 5.41) is 6.82. The summed E-state index contributed by atoms with van der Waals surface area (Å²) >= 11 is 0. The molecule has 1 saturated carbocycles. The van der Waals surface area contributed by atoms with Crippen LogP contribution in [0.15, 0.2) is 35.3 Å². The molecular weight excluding hydrogens is 314 g/mol. The molecule has 1 aromatic rings. The maximum absolute atomic E-state index is 5.95. The van der Waals surface area contributed by atoms with E-state index in [-0.39, 0.29) is 6.10 Å². The molecule has 1 aliphatic carbocycles. The fourth-order valence-electron chi connectivity index (χ4n) is 3.22. The number of hydrogen-bond acceptors (Lipinski definition) is 3. The second-order valence-corrected chi connectivity index (χ2v) is 7.00. The predicted molar refractivity (Wildman–Crippen MR) is 101 cm³/mol. The van der Waals surface area contributed by atoms with E-state index < -0.39 is 0 Å². The van der Waals surface area contributed by atoms with Gasteiger partial charge in [-0.25, -0.2) is 0 Å². The number of hydrogen-bond donors (Lipinski definition) is 2. The second-order valence-electron chi connectivity index (χ2n) is 7.00. The van der Waals surface area contributed by atoms with Crippen LogP contribution in [0.1, 0.15) is 37.4 Å². The van der Waals surface area contributed by atoms with Crippen molar-refractivity contribution in [1.82, 2.24) is 10.6 Å². The summed E-state index contributed by atoms with van der Waals surface area (Å²) < 4.78 is 11.6. The van der Waals surface area contributed by atoms with E-state index >= 15 is 0 Å².